The summed E-state index contributed by atoms with van der Waals surface area (Å²) in [5, 5.41) is 9.70. The first kappa shape index (κ1) is 14.2. The number of likely N-dealkylation sites (tertiary alicyclic amines) is 1. The molecule has 0 aromatic carbocycles. The van der Waals surface area contributed by atoms with Crippen molar-refractivity contribution in [2.45, 2.75) is 29.9 Å². The van der Waals surface area contributed by atoms with Gasteiger partial charge in [0.15, 0.2) is 0 Å². The van der Waals surface area contributed by atoms with Gasteiger partial charge >= 0.3 is 5.97 Å². The van der Waals surface area contributed by atoms with E-state index in [0.29, 0.717) is 30.0 Å². The van der Waals surface area contributed by atoms with Crippen LogP contribution in [0, 0.1) is 5.92 Å². The van der Waals surface area contributed by atoms with Crippen molar-refractivity contribution in [2.75, 3.05) is 27.2 Å². The second-order valence-electron chi connectivity index (χ2n) is 5.48. The third-order valence-corrected chi connectivity index (χ3v) is 5.18. The highest BCUT2D eigenvalue weighted by molar-refractivity contribution is 14.1. The quantitative estimate of drug-likeness (QED) is 0.275. The van der Waals surface area contributed by atoms with Gasteiger partial charge in [-0.1, -0.05) is 13.8 Å². The average Bonchev–Trinajstić information content (AvgIpc) is 2.32. The number of aliphatic hydroxyl groups is 1. The number of hydrogen-bond acceptors (Lipinski definition) is 3. The molecule has 0 radical (unpaired) electrons. The van der Waals surface area contributed by atoms with Crippen LogP contribution in [0.3, 0.4) is 0 Å². The Morgan fingerprint density at radius 2 is 2.19 bits per heavy atom. The van der Waals surface area contributed by atoms with E-state index in [0.717, 1.165) is 0 Å². The van der Waals surface area contributed by atoms with Crippen molar-refractivity contribution >= 4 is 28.6 Å². The molecule has 1 aliphatic heterocycles. The molecule has 1 fully saturated rings. The van der Waals surface area contributed by atoms with Gasteiger partial charge < -0.3 is 14.3 Å². The van der Waals surface area contributed by atoms with Crippen LogP contribution < -0.4 is 0 Å². The van der Waals surface area contributed by atoms with E-state index in [2.05, 4.69) is 22.6 Å². The molecule has 2 atom stereocenters. The van der Waals surface area contributed by atoms with Crippen molar-refractivity contribution in [3.8, 4) is 0 Å². The van der Waals surface area contributed by atoms with Crippen molar-refractivity contribution in [1.82, 2.24) is 0 Å². The number of esters is 1. The van der Waals surface area contributed by atoms with Gasteiger partial charge in [0.1, 0.15) is 12.6 Å². The maximum Gasteiger partial charge on any atom is 0.378 e. The zero-order valence-corrected chi connectivity index (χ0v) is 12.5. The largest absolute Gasteiger partial charge is 0.460 e. The van der Waals surface area contributed by atoms with Gasteiger partial charge in [0.05, 0.1) is 27.1 Å². The van der Waals surface area contributed by atoms with Crippen LogP contribution in [0.15, 0.2) is 0 Å². The number of rotatable bonds is 3. The number of carbonyl (C=O) groups excluding carboxylic acids is 1. The summed E-state index contributed by atoms with van der Waals surface area (Å²) in [6.45, 7) is 5.06. The van der Waals surface area contributed by atoms with Gasteiger partial charge in [-0.25, -0.2) is 4.79 Å². The van der Waals surface area contributed by atoms with E-state index >= 15 is 0 Å². The fourth-order valence-corrected chi connectivity index (χ4v) is 2.84. The topological polar surface area (TPSA) is 46.5 Å². The molecule has 1 rings (SSSR count). The summed E-state index contributed by atoms with van der Waals surface area (Å²) < 4.78 is 5.13. The lowest BCUT2D eigenvalue weighted by molar-refractivity contribution is -0.900. The van der Waals surface area contributed by atoms with Gasteiger partial charge in [-0.05, 0) is 5.92 Å². The summed E-state index contributed by atoms with van der Waals surface area (Å²) in [5.74, 6) is 0.134. The Kier molecular flexibility index (Phi) is 4.23. The molecule has 94 valence electrons. The zero-order valence-electron chi connectivity index (χ0n) is 10.4. The van der Waals surface area contributed by atoms with E-state index in [-0.39, 0.29) is 5.97 Å². The molecule has 0 aliphatic carbocycles. The number of likely N-dealkylation sites (N-methyl/N-ethyl adjacent to an activating group) is 1. The third-order valence-electron chi connectivity index (χ3n) is 2.99. The standard InChI is InChI=1S/C11H21INO3/c1-8(2)7-16-10(15)11(12)5-9(14)6-13(11,3)4/h8-9,14H,5-7H2,1-4H3/q+1/t9?,11-/m0/s1. The first-order valence-electron chi connectivity index (χ1n) is 5.56. The summed E-state index contributed by atoms with van der Waals surface area (Å²) >= 11 is 2.13. The Hall–Kier alpha value is 0.120. The molecule has 16 heavy (non-hydrogen) atoms. The van der Waals surface area contributed by atoms with E-state index in [4.69, 9.17) is 4.74 Å². The zero-order chi connectivity index (χ0) is 12.6. The van der Waals surface area contributed by atoms with Crippen LogP contribution in [-0.4, -0.2) is 52.5 Å². The molecule has 0 amide bonds. The molecule has 0 spiro atoms. The van der Waals surface area contributed by atoms with E-state index in [9.17, 15) is 9.90 Å². The second kappa shape index (κ2) is 4.78. The molecular formula is C11H21INO3+. The fourth-order valence-electron chi connectivity index (χ4n) is 1.98. The second-order valence-corrected chi connectivity index (χ2v) is 7.26. The van der Waals surface area contributed by atoms with E-state index in [1.54, 1.807) is 0 Å². The van der Waals surface area contributed by atoms with Gasteiger partial charge in [-0.3, -0.25) is 0 Å². The number of ether oxygens (including phenoxy) is 1. The van der Waals surface area contributed by atoms with Gasteiger partial charge in [-0.2, -0.15) is 0 Å². The lowest BCUT2D eigenvalue weighted by atomic mass is 10.2. The van der Waals surface area contributed by atoms with Crippen LogP contribution in [0.4, 0.5) is 0 Å². The monoisotopic (exact) mass is 342 g/mol. The minimum absolute atomic E-state index is 0.205. The number of aliphatic hydroxyl groups excluding tert-OH is 1. The van der Waals surface area contributed by atoms with Crippen LogP contribution in [-0.2, 0) is 9.53 Å². The molecular weight excluding hydrogens is 321 g/mol. The van der Waals surface area contributed by atoms with Gasteiger partial charge in [-0.15, -0.1) is 0 Å². The van der Waals surface area contributed by atoms with Crippen LogP contribution in [0.25, 0.3) is 0 Å². The van der Waals surface area contributed by atoms with Crippen molar-refractivity contribution in [2.24, 2.45) is 5.92 Å². The van der Waals surface area contributed by atoms with Gasteiger partial charge in [0, 0.05) is 22.6 Å². The minimum atomic E-state index is -0.647. The molecule has 1 saturated heterocycles. The third kappa shape index (κ3) is 2.68. The number of hydrogen-bond donors (Lipinski definition) is 1. The molecule has 5 heteroatoms. The van der Waals surface area contributed by atoms with E-state index in [1.165, 1.54) is 0 Å². The number of nitrogens with zero attached hydrogens (tertiary/aromatic N) is 1. The molecule has 0 aromatic rings. The summed E-state index contributed by atoms with van der Waals surface area (Å²) in [6, 6.07) is 0. The van der Waals surface area contributed by atoms with Crippen LogP contribution in [0.5, 0.6) is 0 Å². The van der Waals surface area contributed by atoms with Gasteiger partial charge in [0.2, 0.25) is 3.55 Å². The predicted molar refractivity (Wildman–Crippen MR) is 70.1 cm³/mol. The predicted octanol–water partition coefficient (Wildman–Crippen LogP) is 1.16. The lowest BCUT2D eigenvalue weighted by Crippen LogP contribution is -2.56. The molecule has 1 N–H and O–H groups in total. The Morgan fingerprint density at radius 3 is 2.56 bits per heavy atom. The SMILES string of the molecule is CC(C)COC(=O)[C@]1(I)CC(O)C[N+]1(C)C. The minimum Gasteiger partial charge on any atom is -0.460 e. The molecule has 0 saturated carbocycles. The molecule has 1 heterocycles. The molecule has 1 aliphatic rings. The van der Waals surface area contributed by atoms with Crippen molar-refractivity contribution < 1.29 is 19.1 Å². The average molecular weight is 342 g/mol. The van der Waals surface area contributed by atoms with E-state index in [1.807, 2.05) is 27.9 Å². The maximum atomic E-state index is 12.1. The highest BCUT2D eigenvalue weighted by Crippen LogP contribution is 2.41. The Bertz CT molecular complexity index is 280. The number of alkyl halides is 1. The fraction of sp³-hybridized carbons (Fsp3) is 0.909. The first-order chi connectivity index (χ1) is 7.19. The van der Waals surface area contributed by atoms with Crippen molar-refractivity contribution in [3.63, 3.8) is 0 Å². The highest BCUT2D eigenvalue weighted by Gasteiger charge is 2.58. The van der Waals surface area contributed by atoms with Crippen LogP contribution in [0.1, 0.15) is 20.3 Å². The first-order valence-corrected chi connectivity index (χ1v) is 6.64. The Labute approximate surface area is 111 Å². The summed E-state index contributed by atoms with van der Waals surface area (Å²) in [4.78, 5) is 12.1. The highest BCUT2D eigenvalue weighted by atomic mass is 127. The van der Waals surface area contributed by atoms with Crippen molar-refractivity contribution in [1.29, 1.82) is 0 Å². The maximum absolute atomic E-state index is 12.1. The van der Waals surface area contributed by atoms with Gasteiger partial charge in [0.25, 0.3) is 0 Å². The number of quaternary nitrogens is 1. The smallest absolute Gasteiger partial charge is 0.378 e. The van der Waals surface area contributed by atoms with E-state index < -0.39 is 9.65 Å². The Morgan fingerprint density at radius 1 is 1.62 bits per heavy atom. The molecule has 4 nitrogen and oxygen atoms in total. The van der Waals surface area contributed by atoms with Crippen molar-refractivity contribution in [3.05, 3.63) is 0 Å². The summed E-state index contributed by atoms with van der Waals surface area (Å²) in [6.07, 6.45) is 0.0517. The lowest BCUT2D eigenvalue weighted by Gasteiger charge is -2.36. The molecule has 0 bridgehead atoms. The Balaban J connectivity index is 2.73. The molecule has 0 aromatic heterocycles. The summed E-state index contributed by atoms with van der Waals surface area (Å²) in [7, 11) is 3.92. The normalized spacial score (nSPS) is 33.1. The summed E-state index contributed by atoms with van der Waals surface area (Å²) in [5.41, 5.74) is 0. The van der Waals surface area contributed by atoms with Crippen LogP contribution in [0.2, 0.25) is 0 Å². The molecule has 1 unspecified atom stereocenters. The number of carbonyl (C=O) groups is 1. The van der Waals surface area contributed by atoms with Crippen LogP contribution >= 0.6 is 22.6 Å². The number of halogens is 1.